The van der Waals surface area contributed by atoms with Crippen LogP contribution in [0.15, 0.2) is 21.4 Å². The molecule has 0 aliphatic heterocycles. The quantitative estimate of drug-likeness (QED) is 0.583. The maximum absolute atomic E-state index is 11.1. The molecule has 5 nitrogen and oxygen atoms in total. The van der Waals surface area contributed by atoms with Gasteiger partial charge in [-0.2, -0.15) is 0 Å². The Morgan fingerprint density at radius 3 is 2.47 bits per heavy atom. The zero-order valence-corrected chi connectivity index (χ0v) is 8.87. The zero-order chi connectivity index (χ0) is 11.2. The molecule has 0 amide bonds. The number of aromatic hydroxyl groups is 3. The van der Waals surface area contributed by atoms with Gasteiger partial charge >= 0.3 is 0 Å². The van der Waals surface area contributed by atoms with Gasteiger partial charge in [0.1, 0.15) is 5.75 Å². The Balaban J connectivity index is 3.11. The normalized spacial score (nSPS) is 10.7. The highest BCUT2D eigenvalue weighted by molar-refractivity contribution is 9.10. The Labute approximate surface area is 91.7 Å². The van der Waals surface area contributed by atoms with Gasteiger partial charge in [-0.25, -0.2) is 0 Å². The molecule has 0 atom stereocenters. The third-order valence-electron chi connectivity index (χ3n) is 2.05. The molecular formula is C9H6BrNO4. The number of rotatable bonds is 0. The first-order valence-corrected chi connectivity index (χ1v) is 4.77. The van der Waals surface area contributed by atoms with Gasteiger partial charge in [0.25, 0.3) is 5.56 Å². The van der Waals surface area contributed by atoms with Crippen molar-refractivity contribution in [2.75, 3.05) is 0 Å². The lowest BCUT2D eigenvalue weighted by atomic mass is 10.2. The summed E-state index contributed by atoms with van der Waals surface area (Å²) in [5.74, 6) is -1.67. The SMILES string of the molecule is O=c1[nH]c2c(Br)ccc(O)c2c(O)c1O. The number of halogens is 1. The second-order valence-corrected chi connectivity index (χ2v) is 3.82. The first kappa shape index (κ1) is 9.85. The van der Waals surface area contributed by atoms with E-state index in [4.69, 9.17) is 0 Å². The van der Waals surface area contributed by atoms with Gasteiger partial charge in [0.05, 0.1) is 10.9 Å². The number of hydrogen-bond acceptors (Lipinski definition) is 4. The van der Waals surface area contributed by atoms with Gasteiger partial charge in [0.15, 0.2) is 5.75 Å². The van der Waals surface area contributed by atoms with Crippen molar-refractivity contribution >= 4 is 26.8 Å². The lowest BCUT2D eigenvalue weighted by molar-refractivity contribution is 0.400. The van der Waals surface area contributed by atoms with Crippen molar-refractivity contribution < 1.29 is 15.3 Å². The van der Waals surface area contributed by atoms with Gasteiger partial charge in [-0.1, -0.05) is 0 Å². The number of phenols is 1. The molecule has 0 unspecified atom stereocenters. The van der Waals surface area contributed by atoms with Crippen LogP contribution in [0.2, 0.25) is 0 Å². The maximum atomic E-state index is 11.1. The van der Waals surface area contributed by atoms with Crippen LogP contribution in [0.3, 0.4) is 0 Å². The number of nitrogens with one attached hydrogen (secondary N) is 1. The van der Waals surface area contributed by atoms with E-state index in [0.29, 0.717) is 4.47 Å². The van der Waals surface area contributed by atoms with Crippen LogP contribution in [-0.2, 0) is 0 Å². The topological polar surface area (TPSA) is 93.6 Å². The average molecular weight is 272 g/mol. The van der Waals surface area contributed by atoms with Crippen LogP contribution in [0, 0.1) is 0 Å². The van der Waals surface area contributed by atoms with Crippen LogP contribution in [0.25, 0.3) is 10.9 Å². The van der Waals surface area contributed by atoms with E-state index < -0.39 is 17.1 Å². The molecule has 4 N–H and O–H groups in total. The standard InChI is InChI=1S/C9H6BrNO4/c10-3-1-2-4(12)5-6(3)11-9(15)8(14)7(5)13/h1-2,12,14H,(H2,11,13,15). The molecule has 0 aliphatic carbocycles. The van der Waals surface area contributed by atoms with Crippen molar-refractivity contribution in [1.82, 2.24) is 4.98 Å². The van der Waals surface area contributed by atoms with E-state index in [0.717, 1.165) is 0 Å². The second-order valence-electron chi connectivity index (χ2n) is 2.97. The summed E-state index contributed by atoms with van der Waals surface area (Å²) < 4.78 is 0.503. The van der Waals surface area contributed by atoms with E-state index in [1.807, 2.05) is 0 Å². The fourth-order valence-corrected chi connectivity index (χ4v) is 1.76. The Morgan fingerprint density at radius 2 is 1.80 bits per heavy atom. The number of fused-ring (bicyclic) bond motifs is 1. The molecule has 2 aromatic rings. The molecule has 2 rings (SSSR count). The summed E-state index contributed by atoms with van der Waals surface area (Å²) in [6.07, 6.45) is 0. The summed E-state index contributed by atoms with van der Waals surface area (Å²) in [7, 11) is 0. The predicted octanol–water partition coefficient (Wildman–Crippen LogP) is 1.41. The smallest absolute Gasteiger partial charge is 0.294 e. The fourth-order valence-electron chi connectivity index (χ4n) is 1.33. The van der Waals surface area contributed by atoms with E-state index >= 15 is 0 Å². The summed E-state index contributed by atoms with van der Waals surface area (Å²) in [4.78, 5) is 13.5. The van der Waals surface area contributed by atoms with E-state index in [1.54, 1.807) is 0 Å². The second kappa shape index (κ2) is 3.16. The molecule has 15 heavy (non-hydrogen) atoms. The van der Waals surface area contributed by atoms with Gasteiger partial charge in [-0.05, 0) is 28.1 Å². The highest BCUT2D eigenvalue weighted by Gasteiger charge is 2.15. The van der Waals surface area contributed by atoms with Gasteiger partial charge < -0.3 is 20.3 Å². The molecule has 0 aliphatic rings. The minimum absolute atomic E-state index is 0.00137. The minimum atomic E-state index is -0.814. The number of aromatic nitrogens is 1. The number of hydrogen-bond donors (Lipinski definition) is 4. The zero-order valence-electron chi connectivity index (χ0n) is 7.28. The lowest BCUT2D eigenvalue weighted by Gasteiger charge is -2.06. The third kappa shape index (κ3) is 1.33. The third-order valence-corrected chi connectivity index (χ3v) is 2.71. The summed E-state index contributed by atoms with van der Waals surface area (Å²) >= 11 is 3.15. The van der Waals surface area contributed by atoms with E-state index in [9.17, 15) is 20.1 Å². The molecule has 0 radical (unpaired) electrons. The Bertz CT molecular complexity index is 605. The fraction of sp³-hybridized carbons (Fsp3) is 0. The average Bonchev–Trinajstić information content (AvgIpc) is 2.20. The van der Waals surface area contributed by atoms with E-state index in [-0.39, 0.29) is 16.7 Å². The number of H-pyrrole nitrogens is 1. The summed E-state index contributed by atoms with van der Waals surface area (Å²) in [5.41, 5.74) is -0.582. The van der Waals surface area contributed by atoms with Crippen molar-refractivity contribution in [2.24, 2.45) is 0 Å². The molecule has 1 heterocycles. The van der Waals surface area contributed by atoms with Crippen molar-refractivity contribution in [1.29, 1.82) is 0 Å². The van der Waals surface area contributed by atoms with Crippen LogP contribution in [0.5, 0.6) is 17.2 Å². The van der Waals surface area contributed by atoms with Crippen LogP contribution >= 0.6 is 15.9 Å². The highest BCUT2D eigenvalue weighted by Crippen LogP contribution is 2.38. The van der Waals surface area contributed by atoms with Crippen LogP contribution in [0.1, 0.15) is 0 Å². The molecule has 78 valence electrons. The summed E-state index contributed by atoms with van der Waals surface area (Å²) in [5, 5.41) is 28.2. The molecule has 6 heteroatoms. The van der Waals surface area contributed by atoms with E-state index in [1.165, 1.54) is 12.1 Å². The molecule has 0 saturated heterocycles. The molecular weight excluding hydrogens is 266 g/mol. The lowest BCUT2D eigenvalue weighted by Crippen LogP contribution is -2.05. The largest absolute Gasteiger partial charge is 0.507 e. The summed E-state index contributed by atoms with van der Waals surface area (Å²) in [6, 6.07) is 2.86. The number of aromatic amines is 1. The monoisotopic (exact) mass is 271 g/mol. The van der Waals surface area contributed by atoms with Crippen molar-refractivity contribution in [3.05, 3.63) is 27.0 Å². The van der Waals surface area contributed by atoms with Gasteiger partial charge in [0, 0.05) is 4.47 Å². The maximum Gasteiger partial charge on any atom is 0.294 e. The molecule has 0 bridgehead atoms. The number of benzene rings is 1. The molecule has 0 saturated carbocycles. The van der Waals surface area contributed by atoms with Crippen molar-refractivity contribution in [2.45, 2.75) is 0 Å². The van der Waals surface area contributed by atoms with Crippen LogP contribution < -0.4 is 5.56 Å². The number of phenolic OH excluding ortho intramolecular Hbond substituents is 1. The number of pyridine rings is 1. The van der Waals surface area contributed by atoms with Gasteiger partial charge in [-0.3, -0.25) is 4.79 Å². The Hall–Kier alpha value is -1.69. The van der Waals surface area contributed by atoms with Crippen molar-refractivity contribution in [3.8, 4) is 17.2 Å². The molecule has 0 fully saturated rings. The first-order valence-electron chi connectivity index (χ1n) is 3.97. The predicted molar refractivity (Wildman–Crippen MR) is 57.3 cm³/mol. The Morgan fingerprint density at radius 1 is 1.13 bits per heavy atom. The highest BCUT2D eigenvalue weighted by atomic mass is 79.9. The van der Waals surface area contributed by atoms with E-state index in [2.05, 4.69) is 20.9 Å². The molecule has 1 aromatic heterocycles. The Kier molecular flexibility index (Phi) is 2.08. The van der Waals surface area contributed by atoms with Gasteiger partial charge in [-0.15, -0.1) is 0 Å². The molecule has 0 spiro atoms. The summed E-state index contributed by atoms with van der Waals surface area (Å²) in [6.45, 7) is 0. The van der Waals surface area contributed by atoms with Crippen LogP contribution in [-0.4, -0.2) is 20.3 Å². The minimum Gasteiger partial charge on any atom is -0.507 e. The van der Waals surface area contributed by atoms with Crippen molar-refractivity contribution in [3.63, 3.8) is 0 Å². The first-order chi connectivity index (χ1) is 7.02. The van der Waals surface area contributed by atoms with Crippen LogP contribution in [0.4, 0.5) is 0 Å². The molecule has 1 aromatic carbocycles. The van der Waals surface area contributed by atoms with Gasteiger partial charge in [0.2, 0.25) is 5.75 Å².